The van der Waals surface area contributed by atoms with Gasteiger partial charge >= 0.3 is 0 Å². The van der Waals surface area contributed by atoms with Gasteiger partial charge in [-0.3, -0.25) is 10.1 Å². The van der Waals surface area contributed by atoms with Crippen LogP contribution in [-0.2, 0) is 16.4 Å². The van der Waals surface area contributed by atoms with E-state index in [0.717, 1.165) is 131 Å². The molecule has 10 heteroatoms. The fourth-order valence-electron chi connectivity index (χ4n) is 10.7. The van der Waals surface area contributed by atoms with Gasteiger partial charge in [0.05, 0.1) is 38.9 Å². The van der Waals surface area contributed by atoms with Crippen LogP contribution in [0, 0.1) is 22.0 Å². The second-order valence-corrected chi connectivity index (χ2v) is 21.5. The summed E-state index contributed by atoms with van der Waals surface area (Å²) in [6, 6.07) is 26.8. The highest BCUT2D eigenvalue weighted by molar-refractivity contribution is 7.95. The zero-order chi connectivity index (χ0) is 50.1. The number of aromatic nitrogens is 1. The number of allylic oxidation sites excluding steroid dienone is 5. The van der Waals surface area contributed by atoms with Crippen molar-refractivity contribution in [3.63, 3.8) is 0 Å². The first-order chi connectivity index (χ1) is 34.6. The predicted molar refractivity (Wildman–Crippen MR) is 293 cm³/mol. The summed E-state index contributed by atoms with van der Waals surface area (Å²) in [7, 11) is -4.13. The van der Waals surface area contributed by atoms with Crippen LogP contribution in [0.2, 0.25) is 0 Å². The number of sulfone groups is 1. The monoisotopic (exact) mass is 977 g/mol. The van der Waals surface area contributed by atoms with Crippen LogP contribution in [-0.4, -0.2) is 48.0 Å². The van der Waals surface area contributed by atoms with E-state index in [-0.39, 0.29) is 15.5 Å². The Morgan fingerprint density at radius 1 is 0.690 bits per heavy atom. The third kappa shape index (κ3) is 10.8. The molecule has 2 aliphatic rings. The van der Waals surface area contributed by atoms with Gasteiger partial charge in [0.25, 0.3) is 5.69 Å². The van der Waals surface area contributed by atoms with Gasteiger partial charge in [0, 0.05) is 69.7 Å². The number of nitro groups is 1. The van der Waals surface area contributed by atoms with Crippen molar-refractivity contribution in [3.05, 3.63) is 140 Å². The summed E-state index contributed by atoms with van der Waals surface area (Å²) in [5.74, 6) is 2.80. The van der Waals surface area contributed by atoms with Gasteiger partial charge in [0.1, 0.15) is 18.0 Å². The van der Waals surface area contributed by atoms with E-state index in [0.29, 0.717) is 49.0 Å². The molecule has 1 aliphatic heterocycles. The second kappa shape index (κ2) is 23.5. The summed E-state index contributed by atoms with van der Waals surface area (Å²) in [6.45, 7) is 16.4. The minimum atomic E-state index is -4.13. The number of benzene rings is 5. The highest BCUT2D eigenvalue weighted by atomic mass is 32.2. The molecule has 0 bridgehead atoms. The van der Waals surface area contributed by atoms with Crippen LogP contribution in [0.15, 0.2) is 124 Å². The lowest BCUT2D eigenvalue weighted by Gasteiger charge is -2.17. The summed E-state index contributed by atoms with van der Waals surface area (Å²) in [5.41, 5.74) is 5.68. The van der Waals surface area contributed by atoms with Crippen molar-refractivity contribution >= 4 is 65.4 Å². The molecule has 0 fully saturated rings. The van der Waals surface area contributed by atoms with E-state index >= 15 is 8.42 Å². The number of hydrogen-bond acceptors (Lipinski definition) is 6. The van der Waals surface area contributed by atoms with Gasteiger partial charge < -0.3 is 14.0 Å². The van der Waals surface area contributed by atoms with Crippen LogP contribution in [0.3, 0.4) is 0 Å². The number of aryl methyl sites for hydroxylation is 1. The average molecular weight is 977 g/mol. The molecule has 374 valence electrons. The van der Waals surface area contributed by atoms with Crippen LogP contribution in [0.1, 0.15) is 137 Å². The van der Waals surface area contributed by atoms with Crippen molar-refractivity contribution in [2.75, 3.05) is 19.8 Å². The standard InChI is InChI=1S/C61H74N3O6S/c1-7-13-19-43(11-5)41-69-57-37-35-55-59-49(21-17-23-51(57)59)53(62(55)39-15-9-3)33-27-45-25-26-46(61(45)71(67,68)48-31-29-47(30-32-48)64(65)66)28-34-54-50-22-18-24-52-58(70-42-44(12-6)20-14-8-2)38-36-56(60(50)52)63(54)40-16-10-4/h17-18,21-24,27-38,43-44H,7-16,19-20,25-26,39-42H2,1-6H3/q+1. The molecule has 0 saturated heterocycles. The zero-order valence-corrected chi connectivity index (χ0v) is 43.8. The maximum absolute atomic E-state index is 15.1. The van der Waals surface area contributed by atoms with E-state index < -0.39 is 14.8 Å². The Hall–Kier alpha value is -6.00. The third-order valence-corrected chi connectivity index (χ3v) is 16.9. The second-order valence-electron chi connectivity index (χ2n) is 19.7. The van der Waals surface area contributed by atoms with Crippen LogP contribution in [0.5, 0.6) is 11.5 Å². The molecule has 6 aromatic rings. The Balaban J connectivity index is 1.24. The predicted octanol–water partition coefficient (Wildman–Crippen LogP) is 15.3. The molecule has 0 radical (unpaired) electrons. The van der Waals surface area contributed by atoms with Crippen molar-refractivity contribution in [1.29, 1.82) is 0 Å². The van der Waals surface area contributed by atoms with E-state index in [1.807, 2.05) is 12.2 Å². The highest BCUT2D eigenvalue weighted by Crippen LogP contribution is 2.43. The Morgan fingerprint density at radius 3 is 1.94 bits per heavy atom. The molecule has 8 rings (SSSR count). The molecule has 1 aliphatic carbocycles. The van der Waals surface area contributed by atoms with Crippen LogP contribution in [0.25, 0.3) is 38.5 Å². The first-order valence-electron chi connectivity index (χ1n) is 26.7. The highest BCUT2D eigenvalue weighted by Gasteiger charge is 2.34. The Bertz CT molecular complexity index is 3180. The van der Waals surface area contributed by atoms with E-state index in [2.05, 4.69) is 124 Å². The van der Waals surface area contributed by atoms with Crippen molar-refractivity contribution in [2.24, 2.45) is 11.8 Å². The van der Waals surface area contributed by atoms with Crippen molar-refractivity contribution in [1.82, 2.24) is 4.57 Å². The smallest absolute Gasteiger partial charge is 0.269 e. The fourth-order valence-corrected chi connectivity index (χ4v) is 12.4. The molecule has 1 aromatic heterocycles. The van der Waals surface area contributed by atoms with Gasteiger partial charge in [-0.05, 0) is 97.6 Å². The van der Waals surface area contributed by atoms with Gasteiger partial charge in [0.15, 0.2) is 0 Å². The van der Waals surface area contributed by atoms with E-state index in [1.54, 1.807) is 0 Å². The first kappa shape index (κ1) is 51.4. The molecule has 5 aromatic carbocycles. The minimum absolute atomic E-state index is 0.0300. The van der Waals surface area contributed by atoms with E-state index in [9.17, 15) is 10.1 Å². The molecular weight excluding hydrogens is 903 g/mol. The third-order valence-electron chi connectivity index (χ3n) is 14.9. The number of nitro benzene ring substituents is 1. The quantitative estimate of drug-likeness (QED) is 0.0305. The number of hydrogen-bond donors (Lipinski definition) is 0. The lowest BCUT2D eigenvalue weighted by molar-refractivity contribution is -0.436. The largest absolute Gasteiger partial charge is 0.493 e. The van der Waals surface area contributed by atoms with E-state index in [4.69, 9.17) is 9.47 Å². The van der Waals surface area contributed by atoms with Gasteiger partial charge in [-0.1, -0.05) is 135 Å². The topological polar surface area (TPSA) is 104 Å². The van der Waals surface area contributed by atoms with Crippen molar-refractivity contribution in [3.8, 4) is 11.5 Å². The first-order valence-corrected chi connectivity index (χ1v) is 28.2. The van der Waals surface area contributed by atoms with Crippen LogP contribution >= 0.6 is 0 Å². The SMILES string of the molecule is CCCCC(CC)COc1ccc2c3c(cccc13)C(C=CC1=C(S(=O)(=O)c3ccc([N+](=O)[O-])cc3)C(=CC=c3c4cccc5c(OCC(CC)CCCC)ccc(c54)n3CCCC)CC1)=[N+]2CCCC. The minimum Gasteiger partial charge on any atom is -0.493 e. The Labute approximate surface area is 421 Å². The fraction of sp³-hybridized carbons (Fsp3) is 0.426. The molecule has 71 heavy (non-hydrogen) atoms. The van der Waals surface area contributed by atoms with Crippen molar-refractivity contribution in [2.45, 2.75) is 143 Å². The molecule has 0 spiro atoms. The summed E-state index contributed by atoms with van der Waals surface area (Å²) in [6.07, 6.45) is 22.5. The summed E-state index contributed by atoms with van der Waals surface area (Å²) >= 11 is 0. The number of ether oxygens (including phenoxy) is 2. The molecule has 0 N–H and O–H groups in total. The lowest BCUT2D eigenvalue weighted by atomic mass is 9.99. The Morgan fingerprint density at radius 2 is 1.31 bits per heavy atom. The zero-order valence-electron chi connectivity index (χ0n) is 43.0. The molecule has 0 amide bonds. The molecule has 9 nitrogen and oxygen atoms in total. The molecule has 2 heterocycles. The Kier molecular flexibility index (Phi) is 17.0. The number of rotatable bonds is 26. The van der Waals surface area contributed by atoms with Crippen LogP contribution in [0.4, 0.5) is 11.4 Å². The van der Waals surface area contributed by atoms with E-state index in [1.165, 1.54) is 49.9 Å². The number of non-ortho nitro benzene ring substituents is 1. The molecule has 0 saturated carbocycles. The molecular formula is C61H74N3O6S+. The summed E-state index contributed by atoms with van der Waals surface area (Å²) in [5, 5.41) is 18.3. The number of unbranched alkanes of at least 4 members (excludes halogenated alkanes) is 4. The molecule has 2 atom stereocenters. The van der Waals surface area contributed by atoms with Gasteiger partial charge in [-0.15, -0.1) is 0 Å². The van der Waals surface area contributed by atoms with Gasteiger partial charge in [-0.2, -0.15) is 4.58 Å². The normalized spacial score (nSPS) is 15.7. The van der Waals surface area contributed by atoms with Gasteiger partial charge in [-0.25, -0.2) is 8.42 Å². The lowest BCUT2D eigenvalue weighted by Crippen LogP contribution is -2.16. The molecule has 2 unspecified atom stereocenters. The maximum Gasteiger partial charge on any atom is 0.269 e. The van der Waals surface area contributed by atoms with Gasteiger partial charge in [0.2, 0.25) is 21.2 Å². The maximum atomic E-state index is 15.1. The summed E-state index contributed by atoms with van der Waals surface area (Å²) in [4.78, 5) is 11.5. The number of nitrogens with zero attached hydrogens (tertiary/aromatic N) is 3. The summed E-state index contributed by atoms with van der Waals surface area (Å²) < 4.78 is 48.1. The average Bonchev–Trinajstić information content (AvgIpc) is 4.05. The van der Waals surface area contributed by atoms with Crippen LogP contribution < -0.4 is 14.8 Å². The van der Waals surface area contributed by atoms with Crippen molar-refractivity contribution < 1.29 is 27.4 Å².